The molecule has 2 N–H and O–H groups in total. The number of ketones is 1. The molecule has 1 aromatic rings. The molecule has 1 aliphatic rings. The summed E-state index contributed by atoms with van der Waals surface area (Å²) in [4.78, 5) is 13.9. The first-order chi connectivity index (χ1) is 8.99. The molecule has 2 rings (SSSR count). The van der Waals surface area contributed by atoms with E-state index in [2.05, 4.69) is 18.7 Å². The van der Waals surface area contributed by atoms with Crippen molar-refractivity contribution in [2.24, 2.45) is 5.92 Å². The van der Waals surface area contributed by atoms with E-state index in [9.17, 15) is 4.79 Å². The fourth-order valence-electron chi connectivity index (χ4n) is 2.36. The lowest BCUT2D eigenvalue weighted by atomic mass is 10.1. The molecule has 3 nitrogen and oxygen atoms in total. The number of carbonyl (C=O) groups is 1. The maximum Gasteiger partial charge on any atom is 0.161 e. The molecule has 0 aliphatic heterocycles. The van der Waals surface area contributed by atoms with E-state index in [4.69, 9.17) is 5.73 Å². The number of nitrogen functional groups attached to an aromatic ring is 1. The van der Waals surface area contributed by atoms with Crippen LogP contribution in [-0.4, -0.2) is 18.4 Å². The van der Waals surface area contributed by atoms with Gasteiger partial charge in [0.15, 0.2) is 5.78 Å². The summed E-state index contributed by atoms with van der Waals surface area (Å²) in [7, 11) is 0. The predicted octanol–water partition coefficient (Wildman–Crippen LogP) is 3.49. The minimum atomic E-state index is 0.0317. The Hall–Kier alpha value is -1.51. The van der Waals surface area contributed by atoms with Gasteiger partial charge in [-0.05, 0) is 50.3 Å². The van der Waals surface area contributed by atoms with Crippen LogP contribution in [0.1, 0.15) is 50.4 Å². The van der Waals surface area contributed by atoms with Crippen LogP contribution in [-0.2, 0) is 0 Å². The standard InChI is InChI=1S/C16H24N2O/c1-11(2)8-9-18(13-4-5-13)14-6-7-15(12(3)19)16(17)10-14/h6-7,10-11,13H,4-5,8-9,17H2,1-3H3. The van der Waals surface area contributed by atoms with E-state index in [1.54, 1.807) is 6.92 Å². The molecular weight excluding hydrogens is 236 g/mol. The van der Waals surface area contributed by atoms with Crippen molar-refractivity contribution in [2.45, 2.75) is 46.1 Å². The van der Waals surface area contributed by atoms with Crippen molar-refractivity contribution < 1.29 is 4.79 Å². The van der Waals surface area contributed by atoms with Crippen LogP contribution in [0.5, 0.6) is 0 Å². The van der Waals surface area contributed by atoms with Crippen molar-refractivity contribution in [3.8, 4) is 0 Å². The molecule has 0 atom stereocenters. The Bertz CT molecular complexity index is 464. The Morgan fingerprint density at radius 2 is 2.11 bits per heavy atom. The third-order valence-corrected chi connectivity index (χ3v) is 3.68. The van der Waals surface area contributed by atoms with Gasteiger partial charge in [0.05, 0.1) is 0 Å². The molecule has 1 aromatic carbocycles. The molecule has 0 aromatic heterocycles. The first-order valence-corrected chi connectivity index (χ1v) is 7.16. The van der Waals surface area contributed by atoms with Crippen LogP contribution in [0.2, 0.25) is 0 Å². The molecule has 19 heavy (non-hydrogen) atoms. The van der Waals surface area contributed by atoms with Gasteiger partial charge in [0.2, 0.25) is 0 Å². The fourth-order valence-corrected chi connectivity index (χ4v) is 2.36. The zero-order chi connectivity index (χ0) is 14.0. The van der Waals surface area contributed by atoms with Gasteiger partial charge in [0.1, 0.15) is 0 Å². The molecule has 0 radical (unpaired) electrons. The topological polar surface area (TPSA) is 46.3 Å². The minimum Gasteiger partial charge on any atom is -0.398 e. The predicted molar refractivity (Wildman–Crippen MR) is 80.7 cm³/mol. The second-order valence-corrected chi connectivity index (χ2v) is 5.93. The van der Waals surface area contributed by atoms with Gasteiger partial charge < -0.3 is 10.6 Å². The number of anilines is 2. The molecule has 104 valence electrons. The smallest absolute Gasteiger partial charge is 0.161 e. The van der Waals surface area contributed by atoms with Crippen LogP contribution < -0.4 is 10.6 Å². The lowest BCUT2D eigenvalue weighted by Crippen LogP contribution is -2.27. The number of hydrogen-bond acceptors (Lipinski definition) is 3. The molecule has 0 unspecified atom stereocenters. The first kappa shape index (κ1) is 13.9. The van der Waals surface area contributed by atoms with Crippen molar-refractivity contribution in [2.75, 3.05) is 17.2 Å². The van der Waals surface area contributed by atoms with Crippen LogP contribution in [0.15, 0.2) is 18.2 Å². The summed E-state index contributed by atoms with van der Waals surface area (Å²) in [6, 6.07) is 6.51. The van der Waals surface area contributed by atoms with Gasteiger partial charge in [-0.2, -0.15) is 0 Å². The average molecular weight is 260 g/mol. The van der Waals surface area contributed by atoms with Gasteiger partial charge in [-0.25, -0.2) is 0 Å². The van der Waals surface area contributed by atoms with Crippen LogP contribution in [0, 0.1) is 5.92 Å². The summed E-state index contributed by atoms with van der Waals surface area (Å²) in [6.45, 7) is 7.13. The van der Waals surface area contributed by atoms with E-state index >= 15 is 0 Å². The van der Waals surface area contributed by atoms with Gasteiger partial charge in [-0.3, -0.25) is 4.79 Å². The van der Waals surface area contributed by atoms with Crippen LogP contribution in [0.4, 0.5) is 11.4 Å². The minimum absolute atomic E-state index is 0.0317. The van der Waals surface area contributed by atoms with E-state index < -0.39 is 0 Å². The van der Waals surface area contributed by atoms with Crippen LogP contribution in [0.3, 0.4) is 0 Å². The third kappa shape index (κ3) is 3.49. The lowest BCUT2D eigenvalue weighted by molar-refractivity contribution is 0.101. The molecule has 0 bridgehead atoms. The van der Waals surface area contributed by atoms with Crippen LogP contribution >= 0.6 is 0 Å². The molecule has 0 heterocycles. The van der Waals surface area contributed by atoms with Gasteiger partial charge in [0.25, 0.3) is 0 Å². The average Bonchev–Trinajstić information content (AvgIpc) is 3.13. The first-order valence-electron chi connectivity index (χ1n) is 7.16. The molecule has 0 saturated heterocycles. The van der Waals surface area contributed by atoms with Crippen molar-refractivity contribution in [1.29, 1.82) is 0 Å². The second kappa shape index (κ2) is 5.64. The van der Waals surface area contributed by atoms with Gasteiger partial charge >= 0.3 is 0 Å². The van der Waals surface area contributed by atoms with Gasteiger partial charge in [0, 0.05) is 29.5 Å². The molecule has 1 aliphatic carbocycles. The van der Waals surface area contributed by atoms with E-state index in [-0.39, 0.29) is 5.78 Å². The summed E-state index contributed by atoms with van der Waals surface area (Å²) in [5.74, 6) is 0.735. The number of benzene rings is 1. The summed E-state index contributed by atoms with van der Waals surface area (Å²) in [5, 5.41) is 0. The number of hydrogen-bond donors (Lipinski definition) is 1. The molecule has 1 saturated carbocycles. The largest absolute Gasteiger partial charge is 0.398 e. The van der Waals surface area contributed by atoms with Crippen molar-refractivity contribution >= 4 is 17.2 Å². The highest BCUT2D eigenvalue weighted by Gasteiger charge is 2.29. The summed E-state index contributed by atoms with van der Waals surface area (Å²) in [5.41, 5.74) is 8.37. The zero-order valence-electron chi connectivity index (χ0n) is 12.1. The van der Waals surface area contributed by atoms with E-state index in [0.29, 0.717) is 23.2 Å². The number of Topliss-reactive ketones (excluding diaryl/α,β-unsaturated/α-hetero) is 1. The quantitative estimate of drug-likeness (QED) is 0.629. The number of rotatable bonds is 6. The van der Waals surface area contributed by atoms with E-state index in [1.165, 1.54) is 19.3 Å². The fraction of sp³-hybridized carbons (Fsp3) is 0.562. The van der Waals surface area contributed by atoms with Crippen molar-refractivity contribution in [3.63, 3.8) is 0 Å². The lowest BCUT2D eigenvalue weighted by Gasteiger charge is -2.26. The Kier molecular flexibility index (Phi) is 4.13. The summed E-state index contributed by atoms with van der Waals surface area (Å²) >= 11 is 0. The molecular formula is C16H24N2O. The monoisotopic (exact) mass is 260 g/mol. The summed E-state index contributed by atoms with van der Waals surface area (Å²) < 4.78 is 0. The molecule has 0 amide bonds. The maximum atomic E-state index is 11.4. The normalized spacial score (nSPS) is 14.7. The maximum absolute atomic E-state index is 11.4. The summed E-state index contributed by atoms with van der Waals surface area (Å²) in [6.07, 6.45) is 3.73. The Morgan fingerprint density at radius 3 is 2.58 bits per heavy atom. The Labute approximate surface area is 115 Å². The molecule has 0 spiro atoms. The van der Waals surface area contributed by atoms with E-state index in [1.807, 2.05) is 18.2 Å². The van der Waals surface area contributed by atoms with Crippen molar-refractivity contribution in [1.82, 2.24) is 0 Å². The number of nitrogens with zero attached hydrogens (tertiary/aromatic N) is 1. The molecule has 3 heteroatoms. The van der Waals surface area contributed by atoms with Crippen molar-refractivity contribution in [3.05, 3.63) is 23.8 Å². The number of nitrogens with two attached hydrogens (primary N) is 1. The van der Waals surface area contributed by atoms with Gasteiger partial charge in [-0.15, -0.1) is 0 Å². The van der Waals surface area contributed by atoms with E-state index in [0.717, 1.165) is 12.2 Å². The Balaban J connectivity index is 2.17. The van der Waals surface area contributed by atoms with Crippen LogP contribution in [0.25, 0.3) is 0 Å². The SMILES string of the molecule is CC(=O)c1ccc(N(CCC(C)C)C2CC2)cc1N. The molecule has 1 fully saturated rings. The highest BCUT2D eigenvalue weighted by molar-refractivity contribution is 5.99. The highest BCUT2D eigenvalue weighted by atomic mass is 16.1. The van der Waals surface area contributed by atoms with Gasteiger partial charge in [-0.1, -0.05) is 13.8 Å². The highest BCUT2D eigenvalue weighted by Crippen LogP contribution is 2.33. The number of carbonyl (C=O) groups excluding carboxylic acids is 1. The Morgan fingerprint density at radius 1 is 1.42 bits per heavy atom. The zero-order valence-corrected chi connectivity index (χ0v) is 12.1. The second-order valence-electron chi connectivity index (χ2n) is 5.93. The third-order valence-electron chi connectivity index (χ3n) is 3.68.